The minimum atomic E-state index is -0.274. The molecule has 0 saturated heterocycles. The van der Waals surface area contributed by atoms with Gasteiger partial charge in [-0.3, -0.25) is 0 Å². The minimum Gasteiger partial charge on any atom is -0.489 e. The molecule has 172 valence electrons. The van der Waals surface area contributed by atoms with E-state index in [1.165, 1.54) is 17.7 Å². The highest BCUT2D eigenvalue weighted by Crippen LogP contribution is 2.13. The Kier molecular flexibility index (Phi) is 10.5. The van der Waals surface area contributed by atoms with Crippen LogP contribution in [0.4, 0.5) is 4.39 Å². The van der Waals surface area contributed by atoms with Crippen LogP contribution in [0.5, 0.6) is 5.75 Å². The molecule has 32 heavy (non-hydrogen) atoms. The third-order valence-corrected chi connectivity index (χ3v) is 4.74. The largest absolute Gasteiger partial charge is 0.489 e. The summed E-state index contributed by atoms with van der Waals surface area (Å²) in [4.78, 5) is 8.98. The summed E-state index contributed by atoms with van der Waals surface area (Å²) in [6, 6.07) is 14.5. The van der Waals surface area contributed by atoms with Gasteiger partial charge in [-0.05, 0) is 56.2 Å². The fraction of sp³-hybridized carbons (Fsp3) is 0.333. The van der Waals surface area contributed by atoms with Crippen LogP contribution in [0.1, 0.15) is 30.8 Å². The molecule has 6 nitrogen and oxygen atoms in total. The van der Waals surface area contributed by atoms with E-state index in [0.29, 0.717) is 18.8 Å². The monoisotopic (exact) mass is 551 g/mol. The summed E-state index contributed by atoms with van der Waals surface area (Å²) in [5.74, 6) is 2.10. The summed E-state index contributed by atoms with van der Waals surface area (Å²) in [5.41, 5.74) is 2.36. The van der Waals surface area contributed by atoms with E-state index in [4.69, 9.17) is 9.73 Å². The van der Waals surface area contributed by atoms with E-state index in [1.807, 2.05) is 33.2 Å². The first kappa shape index (κ1) is 25.6. The number of halogens is 2. The molecule has 0 amide bonds. The second-order valence-electron chi connectivity index (χ2n) is 7.38. The van der Waals surface area contributed by atoms with Crippen molar-refractivity contribution in [3.63, 3.8) is 0 Å². The molecule has 0 spiro atoms. The van der Waals surface area contributed by atoms with Crippen molar-refractivity contribution < 1.29 is 9.13 Å². The number of benzene rings is 2. The van der Waals surface area contributed by atoms with Crippen LogP contribution in [0.15, 0.2) is 65.9 Å². The number of guanidine groups is 1. The molecule has 2 aromatic carbocycles. The summed E-state index contributed by atoms with van der Waals surface area (Å²) < 4.78 is 21.0. The summed E-state index contributed by atoms with van der Waals surface area (Å²) in [7, 11) is 0. The average molecular weight is 551 g/mol. The Hall–Kier alpha value is -2.62. The SMILES string of the molecule is CCNC(=NCc1cccc(Cn2ccnc2C)c1)NCC(C)Oc1ccc(F)cc1.I. The summed E-state index contributed by atoms with van der Waals surface area (Å²) in [6.45, 7) is 8.69. The number of nitrogens with one attached hydrogen (secondary N) is 2. The van der Waals surface area contributed by atoms with Gasteiger partial charge in [0, 0.05) is 25.5 Å². The molecule has 3 rings (SSSR count). The number of hydrogen-bond acceptors (Lipinski definition) is 3. The average Bonchev–Trinajstić information content (AvgIpc) is 3.16. The lowest BCUT2D eigenvalue weighted by atomic mass is 10.1. The molecule has 1 aromatic heterocycles. The fourth-order valence-corrected chi connectivity index (χ4v) is 3.13. The Bertz CT molecular complexity index is 990. The van der Waals surface area contributed by atoms with Gasteiger partial charge >= 0.3 is 0 Å². The number of hydrogen-bond donors (Lipinski definition) is 2. The second-order valence-corrected chi connectivity index (χ2v) is 7.38. The van der Waals surface area contributed by atoms with Gasteiger partial charge in [0.05, 0.1) is 13.1 Å². The first-order chi connectivity index (χ1) is 15.0. The molecule has 0 saturated carbocycles. The lowest BCUT2D eigenvalue weighted by Crippen LogP contribution is -2.41. The van der Waals surface area contributed by atoms with E-state index in [0.717, 1.165) is 30.4 Å². The predicted molar refractivity (Wildman–Crippen MR) is 137 cm³/mol. The summed E-state index contributed by atoms with van der Waals surface area (Å²) in [6.07, 6.45) is 3.71. The zero-order valence-corrected chi connectivity index (χ0v) is 21.0. The van der Waals surface area contributed by atoms with Gasteiger partial charge in [0.1, 0.15) is 23.5 Å². The molecule has 8 heteroatoms. The molecule has 2 N–H and O–H groups in total. The normalized spacial score (nSPS) is 12.1. The first-order valence-corrected chi connectivity index (χ1v) is 10.5. The van der Waals surface area contributed by atoms with E-state index in [9.17, 15) is 4.39 Å². The molecule has 0 radical (unpaired) electrons. The standard InChI is InChI=1S/C24H30FN5O.HI/c1-4-26-24(28-15-18(2)31-23-10-8-22(25)9-11-23)29-16-20-6-5-7-21(14-20)17-30-13-12-27-19(30)3;/h5-14,18H,4,15-17H2,1-3H3,(H2,26,28,29);1H. The van der Waals surface area contributed by atoms with Gasteiger partial charge in [-0.2, -0.15) is 0 Å². The molecule has 1 atom stereocenters. The van der Waals surface area contributed by atoms with Gasteiger partial charge in [0.25, 0.3) is 0 Å². The molecule has 0 bridgehead atoms. The van der Waals surface area contributed by atoms with Crippen molar-refractivity contribution in [2.24, 2.45) is 4.99 Å². The Morgan fingerprint density at radius 2 is 1.91 bits per heavy atom. The summed E-state index contributed by atoms with van der Waals surface area (Å²) >= 11 is 0. The van der Waals surface area contributed by atoms with Gasteiger partial charge in [-0.15, -0.1) is 24.0 Å². The maximum absolute atomic E-state index is 13.0. The van der Waals surface area contributed by atoms with Crippen molar-refractivity contribution >= 4 is 29.9 Å². The zero-order chi connectivity index (χ0) is 22.1. The Morgan fingerprint density at radius 1 is 1.16 bits per heavy atom. The molecular weight excluding hydrogens is 520 g/mol. The van der Waals surface area contributed by atoms with Crippen LogP contribution in [0.3, 0.4) is 0 Å². The van der Waals surface area contributed by atoms with E-state index >= 15 is 0 Å². The van der Waals surface area contributed by atoms with Crippen LogP contribution in [-0.2, 0) is 13.1 Å². The maximum Gasteiger partial charge on any atom is 0.191 e. The van der Waals surface area contributed by atoms with Crippen LogP contribution < -0.4 is 15.4 Å². The Labute approximate surface area is 206 Å². The highest BCUT2D eigenvalue weighted by atomic mass is 127. The van der Waals surface area contributed by atoms with Crippen LogP contribution in [-0.4, -0.2) is 34.7 Å². The molecular formula is C24H31FIN5O. The van der Waals surface area contributed by atoms with E-state index < -0.39 is 0 Å². The van der Waals surface area contributed by atoms with Crippen molar-refractivity contribution in [3.05, 3.63) is 83.7 Å². The quantitative estimate of drug-likeness (QED) is 0.233. The van der Waals surface area contributed by atoms with E-state index in [-0.39, 0.29) is 35.9 Å². The van der Waals surface area contributed by atoms with Crippen molar-refractivity contribution in [3.8, 4) is 5.75 Å². The Balaban J connectivity index is 0.00000363. The smallest absolute Gasteiger partial charge is 0.191 e. The number of aromatic nitrogens is 2. The lowest BCUT2D eigenvalue weighted by molar-refractivity contribution is 0.223. The highest BCUT2D eigenvalue weighted by Gasteiger charge is 2.06. The molecule has 3 aromatic rings. The van der Waals surface area contributed by atoms with E-state index in [1.54, 1.807) is 12.1 Å². The number of aryl methyl sites for hydroxylation is 1. The van der Waals surface area contributed by atoms with Crippen LogP contribution in [0.25, 0.3) is 0 Å². The van der Waals surface area contributed by atoms with Crippen LogP contribution >= 0.6 is 24.0 Å². The number of ether oxygens (including phenoxy) is 1. The summed E-state index contributed by atoms with van der Waals surface area (Å²) in [5, 5.41) is 6.57. The zero-order valence-electron chi connectivity index (χ0n) is 18.7. The first-order valence-electron chi connectivity index (χ1n) is 10.5. The van der Waals surface area contributed by atoms with Crippen molar-refractivity contribution in [2.45, 2.75) is 40.0 Å². The van der Waals surface area contributed by atoms with Crippen molar-refractivity contribution in [2.75, 3.05) is 13.1 Å². The highest BCUT2D eigenvalue weighted by molar-refractivity contribution is 14.0. The van der Waals surface area contributed by atoms with Gasteiger partial charge in [-0.1, -0.05) is 24.3 Å². The number of imidazole rings is 1. The van der Waals surface area contributed by atoms with Crippen LogP contribution in [0, 0.1) is 12.7 Å². The fourth-order valence-electron chi connectivity index (χ4n) is 3.13. The third-order valence-electron chi connectivity index (χ3n) is 4.74. The molecule has 0 fully saturated rings. The molecule has 1 heterocycles. The van der Waals surface area contributed by atoms with Gasteiger partial charge in [0.15, 0.2) is 5.96 Å². The van der Waals surface area contributed by atoms with E-state index in [2.05, 4.69) is 44.5 Å². The number of nitrogens with zero attached hydrogens (tertiary/aromatic N) is 3. The predicted octanol–water partition coefficient (Wildman–Crippen LogP) is 4.52. The van der Waals surface area contributed by atoms with Crippen molar-refractivity contribution in [1.82, 2.24) is 20.2 Å². The van der Waals surface area contributed by atoms with Gasteiger partial charge < -0.3 is 19.9 Å². The Morgan fingerprint density at radius 3 is 2.59 bits per heavy atom. The minimum absolute atomic E-state index is 0. The lowest BCUT2D eigenvalue weighted by Gasteiger charge is -2.17. The number of rotatable bonds is 9. The second kappa shape index (κ2) is 13.0. The maximum atomic E-state index is 13.0. The molecule has 0 aliphatic heterocycles. The molecule has 0 aliphatic rings. The molecule has 0 aliphatic carbocycles. The molecule has 1 unspecified atom stereocenters. The van der Waals surface area contributed by atoms with Gasteiger partial charge in [0.2, 0.25) is 0 Å². The van der Waals surface area contributed by atoms with Crippen molar-refractivity contribution in [1.29, 1.82) is 0 Å². The van der Waals surface area contributed by atoms with Gasteiger partial charge in [-0.25, -0.2) is 14.4 Å². The third kappa shape index (κ3) is 8.14. The van der Waals surface area contributed by atoms with Crippen LogP contribution in [0.2, 0.25) is 0 Å². The number of aliphatic imine (C=N–C) groups is 1. The topological polar surface area (TPSA) is 63.5 Å².